The van der Waals surface area contributed by atoms with Crippen LogP contribution in [0.1, 0.15) is 63.5 Å². The van der Waals surface area contributed by atoms with Crippen molar-refractivity contribution in [3.63, 3.8) is 0 Å². The number of nitrogens with zero attached hydrogens (tertiary/aromatic N) is 2. The van der Waals surface area contributed by atoms with Gasteiger partial charge in [-0.2, -0.15) is 0 Å². The molecule has 1 aliphatic carbocycles. The lowest BCUT2D eigenvalue weighted by molar-refractivity contribution is -0.134. The number of ether oxygens (including phenoxy) is 1. The zero-order chi connectivity index (χ0) is 29.6. The van der Waals surface area contributed by atoms with E-state index in [9.17, 15) is 14.4 Å². The van der Waals surface area contributed by atoms with Crippen molar-refractivity contribution in [1.82, 2.24) is 15.1 Å². The Bertz CT molecular complexity index is 1220. The minimum absolute atomic E-state index is 0.107. The molecular weight excluding hydrogens is 518 g/mol. The second kappa shape index (κ2) is 13.3. The lowest BCUT2D eigenvalue weighted by atomic mass is 9.82. The number of hydrogen-bond donors (Lipinski definition) is 3. The van der Waals surface area contributed by atoms with Gasteiger partial charge in [0.25, 0.3) is 5.91 Å². The molecule has 0 unspecified atom stereocenters. The lowest BCUT2D eigenvalue weighted by Gasteiger charge is -2.32. The van der Waals surface area contributed by atoms with Crippen molar-refractivity contribution in [3.05, 3.63) is 71.8 Å². The molecule has 2 fully saturated rings. The smallest absolute Gasteiger partial charge is 0.416 e. The maximum Gasteiger partial charge on any atom is 0.416 e. The Morgan fingerprint density at radius 1 is 1.12 bits per heavy atom. The number of rotatable bonds is 13. The van der Waals surface area contributed by atoms with Crippen molar-refractivity contribution in [1.29, 1.82) is 5.41 Å². The molecular formula is C32H43N5O4. The Morgan fingerprint density at radius 3 is 2.34 bits per heavy atom. The van der Waals surface area contributed by atoms with Crippen LogP contribution in [0.5, 0.6) is 0 Å². The van der Waals surface area contributed by atoms with Gasteiger partial charge in [0, 0.05) is 12.6 Å². The van der Waals surface area contributed by atoms with Crippen molar-refractivity contribution < 1.29 is 19.1 Å². The first kappa shape index (κ1) is 30.2. The first-order valence-corrected chi connectivity index (χ1v) is 14.6. The highest BCUT2D eigenvalue weighted by molar-refractivity contribution is 6.08. The number of amides is 3. The highest BCUT2D eigenvalue weighted by atomic mass is 16.5. The Hall–Kier alpha value is -3.72. The van der Waals surface area contributed by atoms with E-state index in [0.29, 0.717) is 31.6 Å². The number of imide groups is 1. The normalized spacial score (nSPS) is 20.1. The second-order valence-electron chi connectivity index (χ2n) is 11.7. The molecule has 1 aliphatic heterocycles. The molecule has 9 nitrogen and oxygen atoms in total. The van der Waals surface area contributed by atoms with Gasteiger partial charge in [0.05, 0.1) is 13.2 Å². The average Bonchev–Trinajstić information content (AvgIpc) is 3.74. The highest BCUT2D eigenvalue weighted by Crippen LogP contribution is 2.40. The van der Waals surface area contributed by atoms with Gasteiger partial charge in [-0.3, -0.25) is 19.9 Å². The van der Waals surface area contributed by atoms with Gasteiger partial charge in [-0.05, 0) is 55.1 Å². The molecule has 1 saturated heterocycles. The monoisotopic (exact) mass is 561 g/mol. The summed E-state index contributed by atoms with van der Waals surface area (Å²) in [6, 6.07) is 18.0. The van der Waals surface area contributed by atoms with Crippen molar-refractivity contribution in [3.8, 4) is 0 Å². The summed E-state index contributed by atoms with van der Waals surface area (Å²) < 4.78 is 4.92. The molecule has 1 saturated carbocycles. The van der Waals surface area contributed by atoms with Gasteiger partial charge >= 0.3 is 6.09 Å². The number of benzene rings is 2. The van der Waals surface area contributed by atoms with E-state index in [-0.39, 0.29) is 30.4 Å². The summed E-state index contributed by atoms with van der Waals surface area (Å²) in [7, 11) is 1.25. The number of methoxy groups -OCH3 is 1. The van der Waals surface area contributed by atoms with E-state index in [1.165, 1.54) is 7.11 Å². The van der Waals surface area contributed by atoms with E-state index < -0.39 is 23.6 Å². The fourth-order valence-electron chi connectivity index (χ4n) is 5.89. The van der Waals surface area contributed by atoms with Crippen molar-refractivity contribution in [2.24, 2.45) is 17.6 Å². The number of carbonyl (C=O) groups excluding carboxylic acids is 3. The van der Waals surface area contributed by atoms with Crippen LogP contribution in [-0.2, 0) is 26.3 Å². The summed E-state index contributed by atoms with van der Waals surface area (Å²) in [5.74, 6) is 0.233. The van der Waals surface area contributed by atoms with E-state index in [1.807, 2.05) is 60.7 Å². The van der Waals surface area contributed by atoms with Crippen LogP contribution in [0.2, 0.25) is 0 Å². The molecule has 1 heterocycles. The van der Waals surface area contributed by atoms with Crippen LogP contribution in [-0.4, -0.2) is 59.4 Å². The molecule has 0 radical (unpaired) electrons. The van der Waals surface area contributed by atoms with Crippen LogP contribution >= 0.6 is 0 Å². The predicted molar refractivity (Wildman–Crippen MR) is 158 cm³/mol. The molecule has 0 spiro atoms. The van der Waals surface area contributed by atoms with E-state index in [0.717, 1.165) is 35.3 Å². The summed E-state index contributed by atoms with van der Waals surface area (Å²) in [5, 5.41) is 12.1. The summed E-state index contributed by atoms with van der Waals surface area (Å²) in [5.41, 5.74) is 6.99. The Balaban J connectivity index is 1.49. The molecule has 2 aliphatic rings. The molecule has 3 amide bonds. The fraction of sp³-hybridized carbons (Fsp3) is 0.500. The maximum absolute atomic E-state index is 14.2. The number of hydrogen-bond acceptors (Lipinski definition) is 6. The summed E-state index contributed by atoms with van der Waals surface area (Å²) in [6.45, 7) is 4.27. The van der Waals surface area contributed by atoms with Gasteiger partial charge in [0.2, 0.25) is 5.91 Å². The zero-order valence-electron chi connectivity index (χ0n) is 24.3. The number of carbonyl (C=O) groups is 3. The zero-order valence-corrected chi connectivity index (χ0v) is 24.3. The molecule has 220 valence electrons. The van der Waals surface area contributed by atoms with E-state index in [4.69, 9.17) is 15.9 Å². The Kier molecular flexibility index (Phi) is 9.81. The van der Waals surface area contributed by atoms with Crippen LogP contribution < -0.4 is 11.1 Å². The van der Waals surface area contributed by atoms with Crippen LogP contribution in [0.25, 0.3) is 0 Å². The molecule has 4 rings (SSSR count). The molecule has 3 atom stereocenters. The quantitative estimate of drug-likeness (QED) is 0.332. The molecule has 0 aromatic heterocycles. The fourth-order valence-corrected chi connectivity index (χ4v) is 5.89. The molecule has 9 heteroatoms. The number of nitrogens with two attached hydrogens (primary N) is 1. The summed E-state index contributed by atoms with van der Waals surface area (Å²) in [6.07, 6.45) is 4.11. The van der Waals surface area contributed by atoms with Crippen molar-refractivity contribution >= 4 is 23.9 Å². The van der Waals surface area contributed by atoms with Gasteiger partial charge in [-0.1, -0.05) is 87.4 Å². The molecule has 2 aromatic carbocycles. The predicted octanol–water partition coefficient (Wildman–Crippen LogP) is 4.41. The molecule has 4 N–H and O–H groups in total. The van der Waals surface area contributed by atoms with Gasteiger partial charge in [-0.15, -0.1) is 0 Å². The third-order valence-electron chi connectivity index (χ3n) is 8.00. The van der Waals surface area contributed by atoms with Crippen LogP contribution in [0, 0.1) is 17.2 Å². The van der Waals surface area contributed by atoms with Crippen LogP contribution in [0.4, 0.5) is 4.79 Å². The molecule has 0 bridgehead atoms. The van der Waals surface area contributed by atoms with E-state index in [1.54, 1.807) is 4.90 Å². The highest BCUT2D eigenvalue weighted by Gasteiger charge is 2.53. The third-order valence-corrected chi connectivity index (χ3v) is 8.00. The molecule has 41 heavy (non-hydrogen) atoms. The van der Waals surface area contributed by atoms with Gasteiger partial charge in [-0.25, -0.2) is 9.69 Å². The lowest BCUT2D eigenvalue weighted by Crippen LogP contribution is -2.49. The first-order valence-electron chi connectivity index (χ1n) is 14.6. The number of guanidine groups is 1. The molecule has 2 aromatic rings. The Morgan fingerprint density at radius 2 is 1.76 bits per heavy atom. The van der Waals surface area contributed by atoms with Gasteiger partial charge < -0.3 is 15.8 Å². The third kappa shape index (κ3) is 7.14. The largest absolute Gasteiger partial charge is 0.452 e. The SMILES string of the molecule is COC(=O)N(CCC[C@@H](CC1CC1)N1C(=N)N[C@](CC(C)C)(c2ccccc2)C1=O)C(=O)[C@@H](N)Cc1ccccc1. The number of nitrogens with one attached hydrogen (secondary N) is 2. The van der Waals surface area contributed by atoms with E-state index >= 15 is 0 Å². The summed E-state index contributed by atoms with van der Waals surface area (Å²) in [4.78, 5) is 42.7. The van der Waals surface area contributed by atoms with Gasteiger partial charge in [0.15, 0.2) is 5.96 Å². The average molecular weight is 562 g/mol. The van der Waals surface area contributed by atoms with Crippen LogP contribution in [0.3, 0.4) is 0 Å². The first-order chi connectivity index (χ1) is 19.7. The summed E-state index contributed by atoms with van der Waals surface area (Å²) >= 11 is 0. The van der Waals surface area contributed by atoms with E-state index in [2.05, 4.69) is 19.2 Å². The van der Waals surface area contributed by atoms with Crippen LogP contribution in [0.15, 0.2) is 60.7 Å². The second-order valence-corrected chi connectivity index (χ2v) is 11.7. The topological polar surface area (TPSA) is 129 Å². The Labute approximate surface area is 242 Å². The van der Waals surface area contributed by atoms with Gasteiger partial charge in [0.1, 0.15) is 5.54 Å². The van der Waals surface area contributed by atoms with Crippen molar-refractivity contribution in [2.45, 2.75) is 76.4 Å². The maximum atomic E-state index is 14.2. The minimum Gasteiger partial charge on any atom is -0.452 e. The standard InChI is InChI=1S/C32H43N5O4/c1-22(2)21-32(25-13-8-5-9-14-25)29(39)37(30(34)35-32)26(19-24-16-17-24)15-10-18-36(31(40)41-3)28(38)27(33)20-23-11-6-4-7-12-23/h4-9,11-14,22,24,26-27H,10,15-21,33H2,1-3H3,(H2,34,35)/t26-,27-,32+/m0/s1. The van der Waals surface area contributed by atoms with Crippen molar-refractivity contribution in [2.75, 3.05) is 13.7 Å². The minimum atomic E-state index is -0.994.